The zero-order chi connectivity index (χ0) is 14.4. The van der Waals surface area contributed by atoms with Gasteiger partial charge in [0, 0.05) is 23.5 Å². The van der Waals surface area contributed by atoms with Crippen molar-refractivity contribution in [2.75, 3.05) is 23.7 Å². The molecule has 0 saturated carbocycles. The summed E-state index contributed by atoms with van der Waals surface area (Å²) in [5.41, 5.74) is 7.97. The molecule has 0 bridgehead atoms. The Kier molecular flexibility index (Phi) is 5.92. The highest BCUT2D eigenvalue weighted by Crippen LogP contribution is 2.32. The molecule has 4 heteroatoms. The van der Waals surface area contributed by atoms with Gasteiger partial charge < -0.3 is 10.6 Å². The van der Waals surface area contributed by atoms with Crippen molar-refractivity contribution in [3.05, 3.63) is 23.8 Å². The Balaban J connectivity index is 2.11. The fourth-order valence-electron chi connectivity index (χ4n) is 2.46. The number of amides is 1. The minimum atomic E-state index is 0.273. The number of benzene rings is 1. The number of hydrogen-bond acceptors (Lipinski definition) is 3. The number of unbranched alkanes of at least 4 members (excludes halogenated alkanes) is 1. The number of thioether (sulfide) groups is 1. The average Bonchev–Trinajstić information content (AvgIpc) is 2.46. The van der Waals surface area contributed by atoms with Crippen molar-refractivity contribution in [2.24, 2.45) is 5.73 Å². The fraction of sp³-hybridized carbons (Fsp3) is 0.562. The van der Waals surface area contributed by atoms with Crippen molar-refractivity contribution in [2.45, 2.75) is 43.9 Å². The third-order valence-corrected chi connectivity index (χ3v) is 4.68. The number of rotatable bonds is 7. The fourth-order valence-corrected chi connectivity index (χ4v) is 3.40. The van der Waals surface area contributed by atoms with Gasteiger partial charge in [0.15, 0.2) is 0 Å². The van der Waals surface area contributed by atoms with Gasteiger partial charge in [0.25, 0.3) is 0 Å². The zero-order valence-electron chi connectivity index (χ0n) is 12.2. The van der Waals surface area contributed by atoms with E-state index >= 15 is 0 Å². The summed E-state index contributed by atoms with van der Waals surface area (Å²) in [7, 11) is 0. The molecular formula is C16H24N2OS. The van der Waals surface area contributed by atoms with Crippen molar-refractivity contribution < 1.29 is 4.79 Å². The average molecular weight is 292 g/mol. The maximum Gasteiger partial charge on any atom is 0.227 e. The summed E-state index contributed by atoms with van der Waals surface area (Å²) in [4.78, 5) is 15.3. The smallest absolute Gasteiger partial charge is 0.227 e. The molecule has 1 aliphatic rings. The van der Waals surface area contributed by atoms with E-state index in [1.54, 1.807) is 0 Å². The van der Waals surface area contributed by atoms with Crippen molar-refractivity contribution >= 4 is 23.4 Å². The summed E-state index contributed by atoms with van der Waals surface area (Å²) in [5.74, 6) is 1.34. The molecule has 1 aromatic rings. The van der Waals surface area contributed by atoms with Gasteiger partial charge in [-0.3, -0.25) is 4.79 Å². The summed E-state index contributed by atoms with van der Waals surface area (Å²) in [6.45, 7) is 3.76. The summed E-state index contributed by atoms with van der Waals surface area (Å²) < 4.78 is 0. The molecule has 20 heavy (non-hydrogen) atoms. The van der Waals surface area contributed by atoms with Crippen molar-refractivity contribution in [3.63, 3.8) is 0 Å². The summed E-state index contributed by atoms with van der Waals surface area (Å²) in [5, 5.41) is 0. The lowest BCUT2D eigenvalue weighted by atomic mass is 10.0. The molecule has 0 saturated heterocycles. The first-order valence-electron chi connectivity index (χ1n) is 7.52. The Labute approximate surface area is 125 Å². The summed E-state index contributed by atoms with van der Waals surface area (Å²) in [6.07, 6.45) is 4.75. The molecule has 2 rings (SSSR count). The number of carbonyl (C=O) groups is 1. The number of nitrogens with two attached hydrogens (primary N) is 1. The van der Waals surface area contributed by atoms with Gasteiger partial charge in [-0.15, -0.1) is 11.8 Å². The molecule has 0 aliphatic carbocycles. The van der Waals surface area contributed by atoms with Gasteiger partial charge in [-0.25, -0.2) is 0 Å². The van der Waals surface area contributed by atoms with Gasteiger partial charge in [0.2, 0.25) is 5.91 Å². The highest BCUT2D eigenvalue weighted by atomic mass is 32.2. The second-order valence-corrected chi connectivity index (χ2v) is 6.35. The van der Waals surface area contributed by atoms with Gasteiger partial charge >= 0.3 is 0 Å². The Morgan fingerprint density at radius 3 is 2.90 bits per heavy atom. The summed E-state index contributed by atoms with van der Waals surface area (Å²) in [6, 6.07) is 6.51. The van der Waals surface area contributed by atoms with Gasteiger partial charge in [0.1, 0.15) is 0 Å². The molecular weight excluding hydrogens is 268 g/mol. The summed E-state index contributed by atoms with van der Waals surface area (Å²) >= 11 is 1.85. The van der Waals surface area contributed by atoms with E-state index in [4.69, 9.17) is 5.73 Å². The molecule has 0 spiro atoms. The van der Waals surface area contributed by atoms with E-state index < -0.39 is 0 Å². The van der Waals surface area contributed by atoms with Crippen LogP contribution in [0, 0.1) is 0 Å². The van der Waals surface area contributed by atoms with Crippen molar-refractivity contribution in [3.8, 4) is 0 Å². The van der Waals surface area contributed by atoms with Gasteiger partial charge in [-0.1, -0.05) is 13.3 Å². The second-order valence-electron chi connectivity index (χ2n) is 5.18. The maximum atomic E-state index is 12.1. The lowest BCUT2D eigenvalue weighted by molar-refractivity contribution is -0.118. The van der Waals surface area contributed by atoms with Crippen LogP contribution in [-0.2, 0) is 11.2 Å². The standard InChI is InChI=1S/C16H24N2OS/c1-2-3-10-18-15-7-6-14(20-11-4-9-17)12-13(15)5-8-16(18)19/h6-7,12H,2-5,8-11,17H2,1H3. The van der Waals surface area contributed by atoms with E-state index in [1.165, 1.54) is 10.5 Å². The van der Waals surface area contributed by atoms with Gasteiger partial charge in [0.05, 0.1) is 0 Å². The molecule has 1 amide bonds. The first-order chi connectivity index (χ1) is 9.76. The minimum absolute atomic E-state index is 0.273. The molecule has 0 aromatic heterocycles. The lowest BCUT2D eigenvalue weighted by Gasteiger charge is -2.29. The number of nitrogens with zero attached hydrogens (tertiary/aromatic N) is 1. The third-order valence-electron chi connectivity index (χ3n) is 3.60. The van der Waals surface area contributed by atoms with E-state index in [9.17, 15) is 4.79 Å². The number of anilines is 1. The topological polar surface area (TPSA) is 46.3 Å². The monoisotopic (exact) mass is 292 g/mol. The zero-order valence-corrected chi connectivity index (χ0v) is 13.0. The quantitative estimate of drug-likeness (QED) is 0.620. The van der Waals surface area contributed by atoms with Gasteiger partial charge in [-0.05, 0) is 55.3 Å². The molecule has 0 unspecified atom stereocenters. The Morgan fingerprint density at radius 1 is 1.30 bits per heavy atom. The highest BCUT2D eigenvalue weighted by Gasteiger charge is 2.23. The molecule has 0 fully saturated rings. The predicted molar refractivity (Wildman–Crippen MR) is 86.4 cm³/mol. The Hall–Kier alpha value is -1.00. The van der Waals surface area contributed by atoms with E-state index in [2.05, 4.69) is 25.1 Å². The van der Waals surface area contributed by atoms with Crippen LogP contribution in [0.4, 0.5) is 5.69 Å². The third kappa shape index (κ3) is 3.76. The Morgan fingerprint density at radius 2 is 2.15 bits per heavy atom. The van der Waals surface area contributed by atoms with Crippen LogP contribution in [-0.4, -0.2) is 24.7 Å². The number of hydrogen-bond donors (Lipinski definition) is 1. The SMILES string of the molecule is CCCCN1C(=O)CCc2cc(SCCCN)ccc21. The molecule has 0 atom stereocenters. The van der Waals surface area contributed by atoms with Crippen molar-refractivity contribution in [1.82, 2.24) is 0 Å². The first kappa shape index (κ1) is 15.4. The number of fused-ring (bicyclic) bond motifs is 1. The largest absolute Gasteiger partial charge is 0.330 e. The normalized spacial score (nSPS) is 14.5. The molecule has 0 radical (unpaired) electrons. The second kappa shape index (κ2) is 7.70. The van der Waals surface area contributed by atoms with Crippen molar-refractivity contribution in [1.29, 1.82) is 0 Å². The Bertz CT molecular complexity index is 462. The van der Waals surface area contributed by atoms with Crippen LogP contribution in [0.25, 0.3) is 0 Å². The van der Waals surface area contributed by atoms with E-state index in [0.717, 1.165) is 50.2 Å². The molecule has 2 N–H and O–H groups in total. The number of aryl methyl sites for hydroxylation is 1. The molecule has 1 heterocycles. The van der Waals surface area contributed by atoms with Gasteiger partial charge in [-0.2, -0.15) is 0 Å². The van der Waals surface area contributed by atoms with E-state index in [0.29, 0.717) is 6.42 Å². The van der Waals surface area contributed by atoms with Crippen LogP contribution >= 0.6 is 11.8 Å². The van der Waals surface area contributed by atoms with Crippen LogP contribution in [0.3, 0.4) is 0 Å². The molecule has 3 nitrogen and oxygen atoms in total. The minimum Gasteiger partial charge on any atom is -0.330 e. The van der Waals surface area contributed by atoms with Crippen LogP contribution in [0.2, 0.25) is 0 Å². The lowest BCUT2D eigenvalue weighted by Crippen LogP contribution is -2.35. The predicted octanol–water partition coefficient (Wildman–Crippen LogP) is 3.21. The molecule has 1 aromatic carbocycles. The maximum absolute atomic E-state index is 12.1. The highest BCUT2D eigenvalue weighted by molar-refractivity contribution is 7.99. The van der Waals surface area contributed by atoms with E-state index in [-0.39, 0.29) is 5.91 Å². The van der Waals surface area contributed by atoms with E-state index in [1.807, 2.05) is 16.7 Å². The van der Waals surface area contributed by atoms with Crippen LogP contribution in [0.15, 0.2) is 23.1 Å². The van der Waals surface area contributed by atoms with Crippen LogP contribution in [0.5, 0.6) is 0 Å². The van der Waals surface area contributed by atoms with Crippen LogP contribution < -0.4 is 10.6 Å². The first-order valence-corrected chi connectivity index (χ1v) is 8.51. The molecule has 110 valence electrons. The number of carbonyl (C=O) groups excluding carboxylic acids is 1. The van der Waals surface area contributed by atoms with Crippen LogP contribution in [0.1, 0.15) is 38.2 Å². The molecule has 1 aliphatic heterocycles.